The molecule has 0 atom stereocenters. The molecule has 2 heterocycles. The first-order chi connectivity index (χ1) is 11.1. The van der Waals surface area contributed by atoms with E-state index in [0.29, 0.717) is 41.2 Å². The van der Waals surface area contributed by atoms with E-state index in [1.807, 2.05) is 0 Å². The summed E-state index contributed by atoms with van der Waals surface area (Å²) in [6.45, 7) is 4.19. The van der Waals surface area contributed by atoms with Crippen molar-refractivity contribution in [1.29, 1.82) is 0 Å². The van der Waals surface area contributed by atoms with Crippen LogP contribution in [-0.4, -0.2) is 55.1 Å². The third-order valence-electron chi connectivity index (χ3n) is 3.77. The Labute approximate surface area is 133 Å². The summed E-state index contributed by atoms with van der Waals surface area (Å²) in [5.41, 5.74) is 1.65. The van der Waals surface area contributed by atoms with E-state index in [2.05, 4.69) is 14.9 Å². The van der Waals surface area contributed by atoms with Gasteiger partial charge in [0.25, 0.3) is 0 Å². The zero-order chi connectivity index (χ0) is 16.4. The van der Waals surface area contributed by atoms with Gasteiger partial charge in [0.15, 0.2) is 5.78 Å². The van der Waals surface area contributed by atoms with E-state index in [0.717, 1.165) is 13.1 Å². The van der Waals surface area contributed by atoms with Crippen LogP contribution in [0.2, 0.25) is 0 Å². The molecule has 0 N–H and O–H groups in total. The predicted octanol–water partition coefficient (Wildman–Crippen LogP) is 1.46. The average molecular weight is 315 g/mol. The van der Waals surface area contributed by atoms with Gasteiger partial charge in [0, 0.05) is 18.7 Å². The molecule has 1 saturated heterocycles. The van der Waals surface area contributed by atoms with Crippen LogP contribution in [0.25, 0.3) is 11.0 Å². The number of Topliss-reactive ketones (excluding diaryl/α,β-unsaturated/α-hetero) is 1. The molecule has 0 aliphatic carbocycles. The second kappa shape index (κ2) is 6.29. The Morgan fingerprint density at radius 1 is 1.26 bits per heavy atom. The second-order valence-electron chi connectivity index (χ2n) is 5.27. The first-order valence-corrected chi connectivity index (χ1v) is 7.33. The first kappa shape index (κ1) is 15.4. The first-order valence-electron chi connectivity index (χ1n) is 7.33. The number of benzene rings is 1. The van der Waals surface area contributed by atoms with Crippen molar-refractivity contribution < 1.29 is 19.1 Å². The number of ether oxygens (including phenoxy) is 2. The van der Waals surface area contributed by atoms with Gasteiger partial charge in [0.1, 0.15) is 11.3 Å². The molecule has 0 spiro atoms. The van der Waals surface area contributed by atoms with Gasteiger partial charge in [-0.2, -0.15) is 0 Å². The highest BCUT2D eigenvalue weighted by Gasteiger charge is 2.18. The molecule has 2 aromatic rings. The monoisotopic (exact) mass is 315 g/mol. The van der Waals surface area contributed by atoms with Crippen molar-refractivity contribution in [3.05, 3.63) is 29.5 Å². The Hall–Kier alpha value is -2.54. The standard InChI is InChI=1S/C16H17N3O4/c1-10(20)12-7-11(16(21)22-2)8-13-15(12)18-14(9-17-13)19-3-5-23-6-4-19/h7-9H,3-6H2,1-2H3. The van der Waals surface area contributed by atoms with Gasteiger partial charge < -0.3 is 14.4 Å². The lowest BCUT2D eigenvalue weighted by Gasteiger charge is -2.27. The smallest absolute Gasteiger partial charge is 0.337 e. The normalized spacial score (nSPS) is 14.8. The maximum absolute atomic E-state index is 12.0. The van der Waals surface area contributed by atoms with Crippen molar-refractivity contribution in [1.82, 2.24) is 9.97 Å². The minimum Gasteiger partial charge on any atom is -0.465 e. The van der Waals surface area contributed by atoms with E-state index in [9.17, 15) is 9.59 Å². The van der Waals surface area contributed by atoms with Crippen LogP contribution in [0.5, 0.6) is 0 Å². The number of carbonyl (C=O) groups is 2. The van der Waals surface area contributed by atoms with Crippen molar-refractivity contribution >= 4 is 28.6 Å². The fourth-order valence-corrected chi connectivity index (χ4v) is 2.55. The summed E-state index contributed by atoms with van der Waals surface area (Å²) in [5.74, 6) is 0.0248. The molecule has 7 heteroatoms. The quantitative estimate of drug-likeness (QED) is 0.626. The zero-order valence-corrected chi connectivity index (χ0v) is 13.0. The molecule has 1 aromatic heterocycles. The predicted molar refractivity (Wildman–Crippen MR) is 83.9 cm³/mol. The molecule has 0 amide bonds. The molecule has 1 fully saturated rings. The van der Waals surface area contributed by atoms with Gasteiger partial charge in [0.2, 0.25) is 0 Å². The molecule has 0 bridgehead atoms. The fraction of sp³-hybridized carbons (Fsp3) is 0.375. The molecule has 1 aliphatic rings. The molecule has 1 aromatic carbocycles. The van der Waals surface area contributed by atoms with Crippen LogP contribution in [0, 0.1) is 0 Å². The SMILES string of the molecule is COC(=O)c1cc(C(C)=O)c2nc(N3CCOCC3)cnc2c1. The van der Waals surface area contributed by atoms with Gasteiger partial charge in [-0.3, -0.25) is 9.78 Å². The lowest BCUT2D eigenvalue weighted by molar-refractivity contribution is 0.0601. The average Bonchev–Trinajstić information content (AvgIpc) is 2.60. The number of aromatic nitrogens is 2. The Balaban J connectivity index is 2.11. The van der Waals surface area contributed by atoms with E-state index in [4.69, 9.17) is 9.47 Å². The van der Waals surface area contributed by atoms with Crippen molar-refractivity contribution in [3.8, 4) is 0 Å². The third-order valence-corrected chi connectivity index (χ3v) is 3.77. The van der Waals surface area contributed by atoms with Gasteiger partial charge >= 0.3 is 5.97 Å². The number of methoxy groups -OCH3 is 1. The van der Waals surface area contributed by atoms with Gasteiger partial charge in [-0.15, -0.1) is 0 Å². The minimum absolute atomic E-state index is 0.172. The van der Waals surface area contributed by atoms with Crippen molar-refractivity contribution in [2.45, 2.75) is 6.92 Å². The largest absolute Gasteiger partial charge is 0.465 e. The summed E-state index contributed by atoms with van der Waals surface area (Å²) in [6.07, 6.45) is 1.65. The van der Waals surface area contributed by atoms with Crippen LogP contribution in [0.15, 0.2) is 18.3 Å². The number of esters is 1. The third kappa shape index (κ3) is 3.00. The lowest BCUT2D eigenvalue weighted by atomic mass is 10.1. The summed E-state index contributed by atoms with van der Waals surface area (Å²) in [7, 11) is 1.30. The number of hydrogen-bond acceptors (Lipinski definition) is 7. The van der Waals surface area contributed by atoms with Crippen LogP contribution in [0.4, 0.5) is 5.82 Å². The number of carbonyl (C=O) groups excluding carboxylic acids is 2. The number of rotatable bonds is 3. The Morgan fingerprint density at radius 2 is 2.00 bits per heavy atom. The second-order valence-corrected chi connectivity index (χ2v) is 5.27. The van der Waals surface area contributed by atoms with Crippen LogP contribution < -0.4 is 4.90 Å². The van der Waals surface area contributed by atoms with Gasteiger partial charge in [0.05, 0.1) is 37.6 Å². The Morgan fingerprint density at radius 3 is 2.65 bits per heavy atom. The van der Waals surface area contributed by atoms with Crippen LogP contribution in [0.3, 0.4) is 0 Å². The number of morpholine rings is 1. The molecule has 7 nitrogen and oxygen atoms in total. The molecule has 0 radical (unpaired) electrons. The van der Waals surface area contributed by atoms with Crippen LogP contribution in [0.1, 0.15) is 27.6 Å². The minimum atomic E-state index is -0.506. The Kier molecular flexibility index (Phi) is 4.20. The summed E-state index contributed by atoms with van der Waals surface area (Å²) in [4.78, 5) is 34.7. The van der Waals surface area contributed by atoms with Gasteiger partial charge in [-0.05, 0) is 19.1 Å². The molecule has 0 unspecified atom stereocenters. The molecular formula is C16H17N3O4. The van der Waals surface area contributed by atoms with Crippen molar-refractivity contribution in [2.24, 2.45) is 0 Å². The summed E-state index contributed by atoms with van der Waals surface area (Å²) >= 11 is 0. The van der Waals surface area contributed by atoms with Crippen LogP contribution in [-0.2, 0) is 9.47 Å². The molecular weight excluding hydrogens is 298 g/mol. The van der Waals surface area contributed by atoms with E-state index < -0.39 is 5.97 Å². The highest BCUT2D eigenvalue weighted by molar-refractivity contribution is 6.07. The van der Waals surface area contributed by atoms with Gasteiger partial charge in [-0.25, -0.2) is 9.78 Å². The highest BCUT2D eigenvalue weighted by atomic mass is 16.5. The summed E-state index contributed by atoms with van der Waals surface area (Å²) in [5, 5.41) is 0. The molecule has 3 rings (SSSR count). The number of hydrogen-bond donors (Lipinski definition) is 0. The summed E-state index contributed by atoms with van der Waals surface area (Å²) in [6, 6.07) is 3.10. The number of anilines is 1. The van der Waals surface area contributed by atoms with E-state index in [1.54, 1.807) is 12.3 Å². The van der Waals surface area contributed by atoms with Crippen molar-refractivity contribution in [2.75, 3.05) is 38.3 Å². The van der Waals surface area contributed by atoms with Crippen LogP contribution >= 0.6 is 0 Å². The van der Waals surface area contributed by atoms with E-state index in [-0.39, 0.29) is 5.78 Å². The number of nitrogens with zero attached hydrogens (tertiary/aromatic N) is 3. The fourth-order valence-electron chi connectivity index (χ4n) is 2.55. The Bertz CT molecular complexity index is 769. The maximum atomic E-state index is 12.0. The topological polar surface area (TPSA) is 81.6 Å². The number of ketones is 1. The lowest BCUT2D eigenvalue weighted by Crippen LogP contribution is -2.36. The maximum Gasteiger partial charge on any atom is 0.337 e. The molecule has 1 aliphatic heterocycles. The van der Waals surface area contributed by atoms with E-state index in [1.165, 1.54) is 20.1 Å². The summed E-state index contributed by atoms with van der Waals surface area (Å²) < 4.78 is 10.0. The molecule has 23 heavy (non-hydrogen) atoms. The van der Waals surface area contributed by atoms with Crippen molar-refractivity contribution in [3.63, 3.8) is 0 Å². The zero-order valence-electron chi connectivity index (χ0n) is 13.0. The molecule has 0 saturated carbocycles. The highest BCUT2D eigenvalue weighted by Crippen LogP contribution is 2.22. The van der Waals surface area contributed by atoms with E-state index >= 15 is 0 Å². The molecule has 120 valence electrons. The number of fused-ring (bicyclic) bond motifs is 1. The van der Waals surface area contributed by atoms with Gasteiger partial charge in [-0.1, -0.05) is 0 Å².